The molecule has 0 atom stereocenters. The van der Waals surface area contributed by atoms with Crippen LogP contribution in [-0.2, 0) is 4.74 Å². The maximum Gasteiger partial charge on any atom is 0.217 e. The van der Waals surface area contributed by atoms with Gasteiger partial charge in [0.25, 0.3) is 0 Å². The van der Waals surface area contributed by atoms with E-state index in [0.717, 1.165) is 11.1 Å². The first-order valence-corrected chi connectivity index (χ1v) is 6.30. The standard InChI is InChI=1S/C15H19NO2/c1-5-13(17)12-8-10(2)6-7-11(12)14-16-15(3,4)9-18-14/h6-8H,5,9H2,1-4H3. The molecule has 1 aliphatic rings. The Kier molecular flexibility index (Phi) is 3.24. The molecular formula is C15H19NO2. The van der Waals surface area contributed by atoms with E-state index in [-0.39, 0.29) is 11.3 Å². The molecule has 1 aromatic carbocycles. The number of ketones is 1. The van der Waals surface area contributed by atoms with E-state index in [1.807, 2.05) is 45.9 Å². The highest BCUT2D eigenvalue weighted by atomic mass is 16.5. The number of carbonyl (C=O) groups excluding carboxylic acids is 1. The van der Waals surface area contributed by atoms with Crippen LogP contribution < -0.4 is 0 Å². The highest BCUT2D eigenvalue weighted by Gasteiger charge is 2.28. The van der Waals surface area contributed by atoms with E-state index in [9.17, 15) is 4.79 Å². The van der Waals surface area contributed by atoms with Crippen molar-refractivity contribution in [1.82, 2.24) is 0 Å². The predicted octanol–water partition coefficient (Wildman–Crippen LogP) is 3.14. The van der Waals surface area contributed by atoms with Crippen LogP contribution in [-0.4, -0.2) is 23.8 Å². The molecule has 0 N–H and O–H groups in total. The van der Waals surface area contributed by atoms with Crippen molar-refractivity contribution >= 4 is 11.7 Å². The minimum Gasteiger partial charge on any atom is -0.475 e. The van der Waals surface area contributed by atoms with Crippen LogP contribution in [0.25, 0.3) is 0 Å². The number of hydrogen-bond donors (Lipinski definition) is 0. The molecule has 1 heterocycles. The molecule has 96 valence electrons. The molecular weight excluding hydrogens is 226 g/mol. The van der Waals surface area contributed by atoms with Gasteiger partial charge in [0.1, 0.15) is 6.61 Å². The van der Waals surface area contributed by atoms with Crippen LogP contribution in [0.5, 0.6) is 0 Å². The minimum atomic E-state index is -0.202. The molecule has 18 heavy (non-hydrogen) atoms. The number of ether oxygens (including phenoxy) is 1. The number of aliphatic imine (C=N–C) groups is 1. The maximum absolute atomic E-state index is 12.0. The second-order valence-electron chi connectivity index (χ2n) is 5.34. The lowest BCUT2D eigenvalue weighted by Gasteiger charge is -2.08. The Balaban J connectivity index is 2.48. The third-order valence-electron chi connectivity index (χ3n) is 2.99. The van der Waals surface area contributed by atoms with E-state index in [0.29, 0.717) is 24.5 Å². The van der Waals surface area contributed by atoms with Crippen LogP contribution >= 0.6 is 0 Å². The monoisotopic (exact) mass is 245 g/mol. The molecule has 3 heteroatoms. The van der Waals surface area contributed by atoms with Gasteiger partial charge in [-0.3, -0.25) is 4.79 Å². The highest BCUT2D eigenvalue weighted by Crippen LogP contribution is 2.23. The Labute approximate surface area is 108 Å². The van der Waals surface area contributed by atoms with Crippen LogP contribution in [0.1, 0.15) is 48.7 Å². The second-order valence-corrected chi connectivity index (χ2v) is 5.34. The summed E-state index contributed by atoms with van der Waals surface area (Å²) in [5.41, 5.74) is 2.41. The molecule has 2 rings (SSSR count). The first-order chi connectivity index (χ1) is 8.43. The Morgan fingerprint density at radius 2 is 2.17 bits per heavy atom. The van der Waals surface area contributed by atoms with E-state index in [4.69, 9.17) is 4.74 Å². The molecule has 0 unspecified atom stereocenters. The van der Waals surface area contributed by atoms with Crippen LogP contribution in [0.2, 0.25) is 0 Å². The van der Waals surface area contributed by atoms with Crippen LogP contribution in [0.4, 0.5) is 0 Å². The fourth-order valence-electron chi connectivity index (χ4n) is 1.99. The molecule has 0 saturated carbocycles. The molecule has 0 aliphatic carbocycles. The van der Waals surface area contributed by atoms with Gasteiger partial charge in [0.2, 0.25) is 5.90 Å². The lowest BCUT2D eigenvalue weighted by molar-refractivity contribution is 0.0987. The lowest BCUT2D eigenvalue weighted by atomic mass is 9.99. The summed E-state index contributed by atoms with van der Waals surface area (Å²) >= 11 is 0. The zero-order valence-electron chi connectivity index (χ0n) is 11.4. The number of hydrogen-bond acceptors (Lipinski definition) is 3. The third-order valence-corrected chi connectivity index (χ3v) is 2.99. The summed E-state index contributed by atoms with van der Waals surface area (Å²) in [4.78, 5) is 16.5. The lowest BCUT2D eigenvalue weighted by Crippen LogP contribution is -2.17. The molecule has 3 nitrogen and oxygen atoms in total. The van der Waals surface area contributed by atoms with Gasteiger partial charge in [-0.15, -0.1) is 0 Å². The minimum absolute atomic E-state index is 0.129. The van der Waals surface area contributed by atoms with Gasteiger partial charge in [0.05, 0.1) is 5.54 Å². The normalized spacial score (nSPS) is 17.2. The maximum atomic E-state index is 12.0. The summed E-state index contributed by atoms with van der Waals surface area (Å²) in [5, 5.41) is 0. The van der Waals surface area contributed by atoms with Gasteiger partial charge in [-0.1, -0.05) is 18.6 Å². The summed E-state index contributed by atoms with van der Waals surface area (Å²) in [6.45, 7) is 8.47. The van der Waals surface area contributed by atoms with Crippen molar-refractivity contribution in [2.45, 2.75) is 39.7 Å². The van der Waals surface area contributed by atoms with Gasteiger partial charge in [-0.2, -0.15) is 0 Å². The highest BCUT2D eigenvalue weighted by molar-refractivity contribution is 6.08. The Morgan fingerprint density at radius 3 is 2.72 bits per heavy atom. The summed E-state index contributed by atoms with van der Waals surface area (Å²) in [6.07, 6.45) is 0.493. The molecule has 0 aromatic heterocycles. The van der Waals surface area contributed by atoms with Crippen molar-refractivity contribution in [3.8, 4) is 0 Å². The zero-order valence-corrected chi connectivity index (χ0v) is 11.4. The Hall–Kier alpha value is -1.64. The first kappa shape index (κ1) is 12.8. The summed E-state index contributed by atoms with van der Waals surface area (Å²) in [6, 6.07) is 5.83. The van der Waals surface area contributed by atoms with E-state index in [1.54, 1.807) is 0 Å². The van der Waals surface area contributed by atoms with Crippen molar-refractivity contribution in [3.63, 3.8) is 0 Å². The second kappa shape index (κ2) is 4.56. The topological polar surface area (TPSA) is 38.7 Å². The van der Waals surface area contributed by atoms with Gasteiger partial charge in [-0.05, 0) is 32.9 Å². The number of nitrogens with zero attached hydrogens (tertiary/aromatic N) is 1. The molecule has 1 aromatic rings. The largest absolute Gasteiger partial charge is 0.475 e. The van der Waals surface area contributed by atoms with Crippen LogP contribution in [0, 0.1) is 6.92 Å². The van der Waals surface area contributed by atoms with Gasteiger partial charge in [-0.25, -0.2) is 4.99 Å². The van der Waals surface area contributed by atoms with Crippen molar-refractivity contribution in [2.24, 2.45) is 4.99 Å². The van der Waals surface area contributed by atoms with Gasteiger partial charge < -0.3 is 4.74 Å². The molecule has 0 fully saturated rings. The number of rotatable bonds is 3. The average molecular weight is 245 g/mol. The summed E-state index contributed by atoms with van der Waals surface area (Å²) in [5.74, 6) is 0.724. The number of aryl methyl sites for hydroxylation is 1. The van der Waals surface area contributed by atoms with E-state index in [2.05, 4.69) is 4.99 Å². The van der Waals surface area contributed by atoms with Crippen LogP contribution in [0.15, 0.2) is 23.2 Å². The van der Waals surface area contributed by atoms with Gasteiger partial charge in [0.15, 0.2) is 5.78 Å². The predicted molar refractivity (Wildman–Crippen MR) is 72.4 cm³/mol. The van der Waals surface area contributed by atoms with Crippen molar-refractivity contribution < 1.29 is 9.53 Å². The fraction of sp³-hybridized carbons (Fsp3) is 0.467. The van der Waals surface area contributed by atoms with E-state index < -0.39 is 0 Å². The van der Waals surface area contributed by atoms with Crippen LogP contribution in [0.3, 0.4) is 0 Å². The zero-order chi connectivity index (χ0) is 13.3. The number of carbonyl (C=O) groups is 1. The van der Waals surface area contributed by atoms with Crippen molar-refractivity contribution in [1.29, 1.82) is 0 Å². The molecule has 0 saturated heterocycles. The summed E-state index contributed by atoms with van der Waals surface area (Å²) < 4.78 is 5.63. The Bertz CT molecular complexity index is 515. The van der Waals surface area contributed by atoms with E-state index in [1.165, 1.54) is 0 Å². The van der Waals surface area contributed by atoms with E-state index >= 15 is 0 Å². The molecule has 0 spiro atoms. The Morgan fingerprint density at radius 1 is 1.44 bits per heavy atom. The number of Topliss-reactive ketones (excluding diaryl/α,β-unsaturated/α-hetero) is 1. The van der Waals surface area contributed by atoms with Gasteiger partial charge >= 0.3 is 0 Å². The fourth-order valence-corrected chi connectivity index (χ4v) is 1.99. The first-order valence-electron chi connectivity index (χ1n) is 6.30. The van der Waals surface area contributed by atoms with Crippen molar-refractivity contribution in [3.05, 3.63) is 34.9 Å². The quantitative estimate of drug-likeness (QED) is 0.767. The number of benzene rings is 1. The third kappa shape index (κ3) is 2.45. The molecule has 0 bridgehead atoms. The molecule has 0 amide bonds. The molecule has 0 radical (unpaired) electrons. The molecule has 1 aliphatic heterocycles. The smallest absolute Gasteiger partial charge is 0.217 e. The summed E-state index contributed by atoms with van der Waals surface area (Å²) in [7, 11) is 0. The SMILES string of the molecule is CCC(=O)c1cc(C)ccc1C1=NC(C)(C)CO1. The average Bonchev–Trinajstić information content (AvgIpc) is 2.68. The van der Waals surface area contributed by atoms with Gasteiger partial charge in [0, 0.05) is 17.5 Å². The van der Waals surface area contributed by atoms with Crippen molar-refractivity contribution in [2.75, 3.05) is 6.61 Å².